The molecule has 0 fully saturated rings. The molecule has 0 aliphatic rings. The van der Waals surface area contributed by atoms with Crippen LogP contribution >= 0.6 is 0 Å². The first-order valence-corrected chi connectivity index (χ1v) is 16.4. The maximum absolute atomic E-state index is 10.1. The number of nitrogens with one attached hydrogen (secondary N) is 1. The Morgan fingerprint density at radius 2 is 1.37 bits per heavy atom. The van der Waals surface area contributed by atoms with Gasteiger partial charge in [0.1, 0.15) is 23.1 Å². The second-order valence-corrected chi connectivity index (χ2v) is 13.2. The molecule has 2 heterocycles. The second kappa shape index (κ2) is 13.9. The lowest BCUT2D eigenvalue weighted by Crippen LogP contribution is -2.17. The molecule has 0 saturated carbocycles. The summed E-state index contributed by atoms with van der Waals surface area (Å²) in [6, 6.07) is 13.4. The molecular formula is C38H50N8. The summed E-state index contributed by atoms with van der Waals surface area (Å²) in [7, 11) is 3.90. The highest BCUT2D eigenvalue weighted by atomic mass is 15.3. The van der Waals surface area contributed by atoms with Gasteiger partial charge in [-0.2, -0.15) is 10.4 Å². The third kappa shape index (κ3) is 6.84. The van der Waals surface area contributed by atoms with Gasteiger partial charge in [0, 0.05) is 30.9 Å². The van der Waals surface area contributed by atoms with E-state index < -0.39 is 0 Å². The molecule has 2 aromatic carbocycles. The predicted octanol–water partition coefficient (Wildman–Crippen LogP) is 10.1. The zero-order valence-electron chi connectivity index (χ0n) is 29.8. The molecule has 1 N–H and O–H groups in total. The van der Waals surface area contributed by atoms with Crippen LogP contribution in [-0.4, -0.2) is 21.8 Å². The number of rotatable bonds is 10. The van der Waals surface area contributed by atoms with Crippen molar-refractivity contribution in [2.45, 2.75) is 100 Å². The first-order chi connectivity index (χ1) is 21.8. The molecule has 0 aliphatic heterocycles. The minimum atomic E-state index is -0.309. The van der Waals surface area contributed by atoms with E-state index in [2.05, 4.69) is 105 Å². The number of benzene rings is 2. The highest BCUT2D eigenvalue weighted by Crippen LogP contribution is 2.40. The third-order valence-corrected chi connectivity index (χ3v) is 8.56. The van der Waals surface area contributed by atoms with Crippen molar-refractivity contribution in [3.63, 3.8) is 0 Å². The van der Waals surface area contributed by atoms with Crippen LogP contribution in [0.1, 0.15) is 98.7 Å². The van der Waals surface area contributed by atoms with Crippen molar-refractivity contribution in [2.24, 2.45) is 17.3 Å². The Bertz CT molecular complexity index is 1760. The predicted molar refractivity (Wildman–Crippen MR) is 191 cm³/mol. The van der Waals surface area contributed by atoms with E-state index in [1.807, 2.05) is 27.7 Å². The van der Waals surface area contributed by atoms with Crippen LogP contribution in [-0.2, 0) is 38.1 Å². The van der Waals surface area contributed by atoms with E-state index in [0.717, 1.165) is 42.8 Å². The molecule has 0 bridgehead atoms. The van der Waals surface area contributed by atoms with Gasteiger partial charge in [-0.1, -0.05) is 83.9 Å². The van der Waals surface area contributed by atoms with Gasteiger partial charge < -0.3 is 10.2 Å². The van der Waals surface area contributed by atoms with Crippen LogP contribution in [0.5, 0.6) is 0 Å². The van der Waals surface area contributed by atoms with Gasteiger partial charge in [0.2, 0.25) is 0 Å². The number of nitriles is 1. The SMILES string of the molecule is CCc1cc(C)cc(CC)c1Nc1nc(N(C)c2c(CC)cc(C)cc2CC)cc(C)c1N=Nc1c(C#N)c(C(C)(C)C)nn1C. The summed E-state index contributed by atoms with van der Waals surface area (Å²) < 4.78 is 1.64. The lowest BCUT2D eigenvalue weighted by molar-refractivity contribution is 0.552. The van der Waals surface area contributed by atoms with Crippen LogP contribution in [0.25, 0.3) is 0 Å². The highest BCUT2D eigenvalue weighted by molar-refractivity contribution is 5.78. The Hall–Kier alpha value is -4.51. The minimum absolute atomic E-state index is 0.309. The van der Waals surface area contributed by atoms with Gasteiger partial charge >= 0.3 is 0 Å². The maximum Gasteiger partial charge on any atom is 0.191 e. The van der Waals surface area contributed by atoms with Crippen molar-refractivity contribution in [2.75, 3.05) is 17.3 Å². The van der Waals surface area contributed by atoms with Gasteiger partial charge in [-0.05, 0) is 80.3 Å². The molecule has 0 amide bonds. The summed E-state index contributed by atoms with van der Waals surface area (Å²) in [5.41, 5.74) is 12.2. The fourth-order valence-corrected chi connectivity index (χ4v) is 6.19. The van der Waals surface area contributed by atoms with Gasteiger partial charge in [-0.3, -0.25) is 0 Å². The Morgan fingerprint density at radius 1 is 0.848 bits per heavy atom. The van der Waals surface area contributed by atoms with Crippen molar-refractivity contribution in [3.05, 3.63) is 80.5 Å². The fourth-order valence-electron chi connectivity index (χ4n) is 6.19. The van der Waals surface area contributed by atoms with Crippen molar-refractivity contribution >= 4 is 34.5 Å². The van der Waals surface area contributed by atoms with Crippen LogP contribution in [0.4, 0.5) is 34.5 Å². The smallest absolute Gasteiger partial charge is 0.191 e. The lowest BCUT2D eigenvalue weighted by Gasteiger charge is -2.27. The normalized spacial score (nSPS) is 11.7. The Balaban J connectivity index is 1.96. The minimum Gasteiger partial charge on any atom is -0.338 e. The van der Waals surface area contributed by atoms with E-state index in [1.54, 1.807) is 11.7 Å². The van der Waals surface area contributed by atoms with Gasteiger partial charge in [0.25, 0.3) is 0 Å². The van der Waals surface area contributed by atoms with Crippen LogP contribution in [0.15, 0.2) is 40.6 Å². The number of azo groups is 1. The van der Waals surface area contributed by atoms with E-state index in [1.165, 1.54) is 39.1 Å². The number of anilines is 4. The molecule has 0 saturated heterocycles. The topological polar surface area (TPSA) is 94.5 Å². The number of nitrogens with zero attached hydrogens (tertiary/aromatic N) is 7. The third-order valence-electron chi connectivity index (χ3n) is 8.56. The molecular weight excluding hydrogens is 568 g/mol. The van der Waals surface area contributed by atoms with Gasteiger partial charge in [0.05, 0.1) is 5.69 Å². The number of hydrogen-bond acceptors (Lipinski definition) is 7. The molecule has 46 heavy (non-hydrogen) atoms. The molecule has 0 spiro atoms. The summed E-state index contributed by atoms with van der Waals surface area (Å²) in [4.78, 5) is 7.45. The van der Waals surface area contributed by atoms with Crippen molar-refractivity contribution in [1.82, 2.24) is 14.8 Å². The standard InChI is InChI=1S/C38H50N8/c1-13-26-17-23(5)18-27(14-2)33(26)41-36-32(42-43-37-30(22-39)35(38(8,9)10)44-46(37)12)25(7)21-31(40-36)45(11)34-28(15-3)19-24(6)20-29(34)16-4/h17-21H,13-16H2,1-12H3,(H,40,41). The first-order valence-electron chi connectivity index (χ1n) is 16.4. The first kappa shape index (κ1) is 34.4. The van der Waals surface area contributed by atoms with Crippen LogP contribution in [0.3, 0.4) is 0 Å². The molecule has 242 valence electrons. The Morgan fingerprint density at radius 3 is 1.85 bits per heavy atom. The Kier molecular flexibility index (Phi) is 10.4. The molecule has 4 rings (SSSR count). The molecule has 8 heteroatoms. The lowest BCUT2D eigenvalue weighted by atomic mass is 9.90. The summed E-state index contributed by atoms with van der Waals surface area (Å²) in [6.07, 6.45) is 3.62. The number of aromatic nitrogens is 3. The van der Waals surface area contributed by atoms with E-state index in [0.29, 0.717) is 28.6 Å². The molecule has 8 nitrogen and oxygen atoms in total. The van der Waals surface area contributed by atoms with Crippen LogP contribution < -0.4 is 10.2 Å². The van der Waals surface area contributed by atoms with Gasteiger partial charge in [-0.25, -0.2) is 9.67 Å². The zero-order chi connectivity index (χ0) is 33.9. The largest absolute Gasteiger partial charge is 0.338 e. The zero-order valence-corrected chi connectivity index (χ0v) is 29.8. The van der Waals surface area contributed by atoms with Crippen molar-refractivity contribution in [3.8, 4) is 6.07 Å². The highest BCUT2D eigenvalue weighted by Gasteiger charge is 2.27. The molecule has 2 aromatic heterocycles. The van der Waals surface area contributed by atoms with Gasteiger partial charge in [-0.15, -0.1) is 10.2 Å². The molecule has 0 radical (unpaired) electrons. The summed E-state index contributed by atoms with van der Waals surface area (Å²) in [6.45, 7) is 21.2. The average molecular weight is 619 g/mol. The van der Waals surface area contributed by atoms with E-state index in [4.69, 9.17) is 10.1 Å². The number of hydrogen-bond donors (Lipinski definition) is 1. The average Bonchev–Trinajstić information content (AvgIpc) is 3.35. The number of pyridine rings is 1. The van der Waals surface area contributed by atoms with Crippen molar-refractivity contribution < 1.29 is 0 Å². The van der Waals surface area contributed by atoms with E-state index >= 15 is 0 Å². The summed E-state index contributed by atoms with van der Waals surface area (Å²) in [5.74, 6) is 1.88. The fraction of sp³-hybridized carbons (Fsp3) is 0.447. The van der Waals surface area contributed by atoms with Gasteiger partial charge in [0.15, 0.2) is 11.6 Å². The van der Waals surface area contributed by atoms with Crippen LogP contribution in [0.2, 0.25) is 0 Å². The quantitative estimate of drug-likeness (QED) is 0.178. The van der Waals surface area contributed by atoms with E-state index in [-0.39, 0.29) is 5.41 Å². The number of aryl methyl sites for hydroxylation is 8. The molecule has 4 aromatic rings. The monoisotopic (exact) mass is 618 g/mol. The Labute approximate surface area is 275 Å². The van der Waals surface area contributed by atoms with Crippen LogP contribution in [0, 0.1) is 32.1 Å². The molecule has 0 aliphatic carbocycles. The summed E-state index contributed by atoms with van der Waals surface area (Å²) >= 11 is 0. The second-order valence-electron chi connectivity index (χ2n) is 13.2. The maximum atomic E-state index is 10.1. The molecule has 0 unspecified atom stereocenters. The molecule has 0 atom stereocenters. The van der Waals surface area contributed by atoms with Crippen molar-refractivity contribution in [1.29, 1.82) is 5.26 Å². The van der Waals surface area contributed by atoms with E-state index in [9.17, 15) is 5.26 Å². The summed E-state index contributed by atoms with van der Waals surface area (Å²) in [5, 5.41) is 27.9.